The molecule has 0 bridgehead atoms. The maximum absolute atomic E-state index is 13.0. The van der Waals surface area contributed by atoms with Crippen LogP contribution in [0.5, 0.6) is 0 Å². The van der Waals surface area contributed by atoms with Crippen LogP contribution in [0.3, 0.4) is 0 Å². The van der Waals surface area contributed by atoms with Crippen molar-refractivity contribution >= 4 is 17.9 Å². The molecule has 0 N–H and O–H groups in total. The summed E-state index contributed by atoms with van der Waals surface area (Å²) < 4.78 is 17.0. The van der Waals surface area contributed by atoms with E-state index >= 15 is 0 Å². The van der Waals surface area contributed by atoms with E-state index in [2.05, 4.69) is 106 Å². The molecule has 0 amide bonds. The molecule has 474 valence electrons. The Kier molecular flexibility index (Phi) is 67.2. The van der Waals surface area contributed by atoms with E-state index in [4.69, 9.17) is 14.2 Å². The van der Waals surface area contributed by atoms with Crippen LogP contribution in [0, 0.1) is 0 Å². The molecule has 0 heterocycles. The summed E-state index contributed by atoms with van der Waals surface area (Å²) in [6.07, 6.45) is 93.1. The number of hydrogen-bond donors (Lipinski definition) is 0. The van der Waals surface area contributed by atoms with E-state index in [1.54, 1.807) is 0 Å². The Balaban J connectivity index is 4.39. The largest absolute Gasteiger partial charge is 0.462 e. The Labute approximate surface area is 509 Å². The van der Waals surface area contributed by atoms with Crippen LogP contribution in [-0.4, -0.2) is 37.2 Å². The second-order valence-electron chi connectivity index (χ2n) is 23.8. The van der Waals surface area contributed by atoms with Gasteiger partial charge in [-0.25, -0.2) is 0 Å². The van der Waals surface area contributed by atoms with Gasteiger partial charge in [-0.05, 0) is 122 Å². The second-order valence-corrected chi connectivity index (χ2v) is 23.8. The summed E-state index contributed by atoms with van der Waals surface area (Å²) in [6.45, 7) is 6.64. The predicted octanol–water partition coefficient (Wildman–Crippen LogP) is 24.6. The molecule has 6 nitrogen and oxygen atoms in total. The topological polar surface area (TPSA) is 78.9 Å². The summed E-state index contributed by atoms with van der Waals surface area (Å²) >= 11 is 0. The Bertz CT molecular complexity index is 1550. The summed E-state index contributed by atoms with van der Waals surface area (Å²) in [5.74, 6) is -0.887. The highest BCUT2D eigenvalue weighted by atomic mass is 16.6. The smallest absolute Gasteiger partial charge is 0.306 e. The molecule has 0 aliphatic heterocycles. The minimum absolute atomic E-state index is 0.0839. The highest BCUT2D eigenvalue weighted by molar-refractivity contribution is 5.71. The Morgan fingerprint density at radius 3 is 0.695 bits per heavy atom. The number of carbonyl (C=O) groups excluding carboxylic acids is 3. The molecule has 0 aliphatic rings. The Morgan fingerprint density at radius 1 is 0.244 bits per heavy atom. The van der Waals surface area contributed by atoms with Gasteiger partial charge in [-0.3, -0.25) is 14.4 Å². The molecular weight excluding hydrogens is 1010 g/mol. The lowest BCUT2D eigenvalue weighted by Crippen LogP contribution is -2.30. The molecule has 0 aromatic rings. The van der Waals surface area contributed by atoms with E-state index in [-0.39, 0.29) is 31.1 Å². The van der Waals surface area contributed by atoms with Crippen molar-refractivity contribution in [2.75, 3.05) is 13.2 Å². The predicted molar refractivity (Wildman–Crippen MR) is 358 cm³/mol. The summed E-state index contributed by atoms with van der Waals surface area (Å²) in [5.41, 5.74) is 0. The van der Waals surface area contributed by atoms with Gasteiger partial charge in [-0.2, -0.15) is 0 Å². The third kappa shape index (κ3) is 67.4. The lowest BCUT2D eigenvalue weighted by atomic mass is 10.1. The monoisotopic (exact) mass is 1140 g/mol. The minimum atomic E-state index is -0.790. The fourth-order valence-electron chi connectivity index (χ4n) is 10.2. The van der Waals surface area contributed by atoms with Crippen LogP contribution in [0.1, 0.15) is 361 Å². The number of hydrogen-bond acceptors (Lipinski definition) is 6. The van der Waals surface area contributed by atoms with Crippen molar-refractivity contribution in [3.8, 4) is 0 Å². The first-order chi connectivity index (χ1) is 40.5. The molecule has 1 unspecified atom stereocenters. The minimum Gasteiger partial charge on any atom is -0.462 e. The fraction of sp³-hybridized carbons (Fsp3) is 0.776. The zero-order chi connectivity index (χ0) is 59.2. The van der Waals surface area contributed by atoms with Crippen LogP contribution < -0.4 is 0 Å². The van der Waals surface area contributed by atoms with E-state index in [1.807, 2.05) is 0 Å². The number of carbonyl (C=O) groups is 3. The SMILES string of the molecule is CCCCCCC/C=C\C/C=C\C/C=C\CCCCCCCCCCCCC(=O)OCC(COC(=O)CCCCCCCCC/C=C\CCCCCCCCC)OC(=O)CCCCCCCC/C=C\C/C=C\C/C=C\CCCCCCC. The number of rotatable bonds is 65. The third-order valence-corrected chi connectivity index (χ3v) is 15.6. The number of esters is 3. The second kappa shape index (κ2) is 70.1. The van der Waals surface area contributed by atoms with Crippen LogP contribution in [-0.2, 0) is 28.6 Å². The average molecular weight is 1140 g/mol. The molecule has 0 rings (SSSR count). The number of ether oxygens (including phenoxy) is 3. The van der Waals surface area contributed by atoms with Crippen molar-refractivity contribution in [1.82, 2.24) is 0 Å². The van der Waals surface area contributed by atoms with Crippen molar-refractivity contribution in [3.05, 3.63) is 85.1 Å². The van der Waals surface area contributed by atoms with Crippen molar-refractivity contribution in [2.24, 2.45) is 0 Å². The first kappa shape index (κ1) is 78.6. The number of unbranched alkanes of at least 4 members (excludes halogenated alkanes) is 40. The molecule has 0 aromatic carbocycles. The molecule has 0 saturated heterocycles. The van der Waals surface area contributed by atoms with Crippen LogP contribution >= 0.6 is 0 Å². The van der Waals surface area contributed by atoms with E-state index in [0.717, 1.165) is 96.3 Å². The first-order valence-corrected chi connectivity index (χ1v) is 35.6. The standard InChI is InChI=1S/C76H134O6/c1-4-7-10-13-16-19-22-25-28-31-34-36-37-38-39-41-42-45-48-51-54-57-60-63-66-69-75(78)81-72-73(71-80-74(77)68-65-62-59-56-53-50-47-44-33-30-27-24-21-18-15-12-9-6-3)82-76(79)70-67-64-61-58-55-52-49-46-43-40-35-32-29-26-23-20-17-14-11-8-5-2/h22-23,25-26,30-35,37-38,43,46,73H,4-21,24,27-29,36,39-42,44-45,47-72H2,1-3H3/b25-22-,26-23-,33-30-,34-31-,35-32-,38-37-,46-43-. The summed E-state index contributed by atoms with van der Waals surface area (Å²) in [5, 5.41) is 0. The van der Waals surface area contributed by atoms with Gasteiger partial charge in [0.25, 0.3) is 0 Å². The number of allylic oxidation sites excluding steroid dienone is 14. The molecule has 82 heavy (non-hydrogen) atoms. The summed E-state index contributed by atoms with van der Waals surface area (Å²) in [4.78, 5) is 38.5. The molecule has 1 atom stereocenters. The lowest BCUT2D eigenvalue weighted by Gasteiger charge is -2.18. The van der Waals surface area contributed by atoms with Crippen LogP contribution in [0.4, 0.5) is 0 Å². The van der Waals surface area contributed by atoms with Crippen molar-refractivity contribution < 1.29 is 28.6 Å². The molecule has 0 fully saturated rings. The highest BCUT2D eigenvalue weighted by Crippen LogP contribution is 2.17. The fourth-order valence-corrected chi connectivity index (χ4v) is 10.2. The van der Waals surface area contributed by atoms with E-state index in [0.29, 0.717) is 19.3 Å². The van der Waals surface area contributed by atoms with Gasteiger partial charge in [0.2, 0.25) is 0 Å². The first-order valence-electron chi connectivity index (χ1n) is 35.6. The quantitative estimate of drug-likeness (QED) is 0.0261. The van der Waals surface area contributed by atoms with Gasteiger partial charge in [0, 0.05) is 19.3 Å². The van der Waals surface area contributed by atoms with Crippen molar-refractivity contribution in [1.29, 1.82) is 0 Å². The van der Waals surface area contributed by atoms with Gasteiger partial charge in [0.15, 0.2) is 6.10 Å². The molecule has 0 spiro atoms. The maximum atomic E-state index is 13.0. The van der Waals surface area contributed by atoms with Crippen LogP contribution in [0.2, 0.25) is 0 Å². The van der Waals surface area contributed by atoms with Gasteiger partial charge in [0.1, 0.15) is 13.2 Å². The van der Waals surface area contributed by atoms with E-state index in [9.17, 15) is 14.4 Å². The van der Waals surface area contributed by atoms with Gasteiger partial charge < -0.3 is 14.2 Å². The molecule has 0 aromatic heterocycles. The maximum Gasteiger partial charge on any atom is 0.306 e. The van der Waals surface area contributed by atoms with Crippen LogP contribution in [0.25, 0.3) is 0 Å². The normalized spacial score (nSPS) is 12.6. The zero-order valence-electron chi connectivity index (χ0n) is 54.5. The van der Waals surface area contributed by atoms with Gasteiger partial charge in [0.05, 0.1) is 0 Å². The molecular formula is C76H134O6. The Morgan fingerprint density at radius 2 is 0.439 bits per heavy atom. The molecule has 0 saturated carbocycles. The average Bonchev–Trinajstić information content (AvgIpc) is 3.47. The zero-order valence-corrected chi connectivity index (χ0v) is 54.5. The lowest BCUT2D eigenvalue weighted by molar-refractivity contribution is -0.167. The highest BCUT2D eigenvalue weighted by Gasteiger charge is 2.19. The summed E-state index contributed by atoms with van der Waals surface area (Å²) in [7, 11) is 0. The van der Waals surface area contributed by atoms with E-state index < -0.39 is 6.10 Å². The van der Waals surface area contributed by atoms with E-state index in [1.165, 1.54) is 225 Å². The van der Waals surface area contributed by atoms with Gasteiger partial charge >= 0.3 is 17.9 Å². The third-order valence-electron chi connectivity index (χ3n) is 15.6. The van der Waals surface area contributed by atoms with Gasteiger partial charge in [-0.15, -0.1) is 0 Å². The molecule has 0 radical (unpaired) electrons. The van der Waals surface area contributed by atoms with Crippen molar-refractivity contribution in [3.63, 3.8) is 0 Å². The van der Waals surface area contributed by atoms with Gasteiger partial charge in [-0.1, -0.05) is 305 Å². The summed E-state index contributed by atoms with van der Waals surface area (Å²) in [6, 6.07) is 0. The van der Waals surface area contributed by atoms with Crippen LogP contribution in [0.15, 0.2) is 85.1 Å². The molecule has 6 heteroatoms. The van der Waals surface area contributed by atoms with Crippen molar-refractivity contribution in [2.45, 2.75) is 367 Å². The molecule has 0 aliphatic carbocycles. The Hall–Kier alpha value is -3.41.